The molecule has 10 heteroatoms. The highest BCUT2D eigenvalue weighted by Gasteiger charge is 2.25. The van der Waals surface area contributed by atoms with Crippen LogP contribution in [0.15, 0.2) is 21.7 Å². The van der Waals surface area contributed by atoms with Gasteiger partial charge in [-0.15, -0.1) is 24.0 Å². The molecule has 2 heterocycles. The minimum absolute atomic E-state index is 0. The molecule has 0 atom stereocenters. The fourth-order valence-corrected chi connectivity index (χ4v) is 4.55. The van der Waals surface area contributed by atoms with E-state index in [-0.39, 0.29) is 24.0 Å². The Hall–Kier alpha value is -0.330. The van der Waals surface area contributed by atoms with Gasteiger partial charge in [0, 0.05) is 57.1 Å². The average molecular weight is 562 g/mol. The third-order valence-corrected chi connectivity index (χ3v) is 6.38. The minimum atomic E-state index is -3.06. The van der Waals surface area contributed by atoms with E-state index in [4.69, 9.17) is 0 Å². The molecule has 7 nitrogen and oxygen atoms in total. The van der Waals surface area contributed by atoms with Crippen LogP contribution >= 0.6 is 39.9 Å². The summed E-state index contributed by atoms with van der Waals surface area (Å²) in [6.07, 6.45) is 5.08. The number of hydrogen-bond acceptors (Lipinski definition) is 3. The topological polar surface area (TPSA) is 69.9 Å². The number of nitrogens with one attached hydrogen (secondary N) is 1. The summed E-state index contributed by atoms with van der Waals surface area (Å²) in [7, 11) is 2.77. The van der Waals surface area contributed by atoms with Gasteiger partial charge in [0.05, 0.1) is 12.8 Å². The third kappa shape index (κ3) is 6.68. The van der Waals surface area contributed by atoms with E-state index < -0.39 is 10.0 Å². The SMILES string of the molecule is CN=C(NCC1CCN(S(C)(=O)=O)CC1)N(C)Cc1cc(Br)cn1C.I. The molecular formula is C16H29BrIN5O2S. The zero-order valence-electron chi connectivity index (χ0n) is 15.8. The van der Waals surface area contributed by atoms with Crippen LogP contribution in [0.3, 0.4) is 0 Å². The van der Waals surface area contributed by atoms with Crippen molar-refractivity contribution < 1.29 is 8.42 Å². The number of guanidine groups is 1. The molecule has 1 N–H and O–H groups in total. The summed E-state index contributed by atoms with van der Waals surface area (Å²) in [5.41, 5.74) is 1.19. The number of nitrogens with zero attached hydrogens (tertiary/aromatic N) is 4. The first-order valence-corrected chi connectivity index (χ1v) is 11.0. The van der Waals surface area contributed by atoms with E-state index in [0.29, 0.717) is 19.0 Å². The summed E-state index contributed by atoms with van der Waals surface area (Å²) in [6.45, 7) is 2.79. The molecule has 0 aliphatic carbocycles. The molecule has 0 amide bonds. The van der Waals surface area contributed by atoms with Crippen molar-refractivity contribution in [2.75, 3.05) is 40.0 Å². The lowest BCUT2D eigenvalue weighted by atomic mass is 9.98. The summed E-state index contributed by atoms with van der Waals surface area (Å²) < 4.78 is 27.9. The first kappa shape index (κ1) is 23.7. The van der Waals surface area contributed by atoms with Gasteiger partial charge in [0.2, 0.25) is 10.0 Å². The molecule has 150 valence electrons. The van der Waals surface area contributed by atoms with E-state index in [1.165, 1.54) is 11.9 Å². The van der Waals surface area contributed by atoms with Crippen LogP contribution in [0.2, 0.25) is 0 Å². The van der Waals surface area contributed by atoms with Gasteiger partial charge in [0.1, 0.15) is 0 Å². The Balaban J connectivity index is 0.00000338. The van der Waals surface area contributed by atoms with Gasteiger partial charge in [-0.25, -0.2) is 12.7 Å². The molecule has 1 aliphatic heterocycles. The van der Waals surface area contributed by atoms with Crippen molar-refractivity contribution in [1.82, 2.24) is 19.1 Å². The largest absolute Gasteiger partial charge is 0.356 e. The van der Waals surface area contributed by atoms with Crippen LogP contribution in [0.4, 0.5) is 0 Å². The van der Waals surface area contributed by atoms with Gasteiger partial charge in [-0.3, -0.25) is 4.99 Å². The van der Waals surface area contributed by atoms with E-state index in [1.807, 2.05) is 20.3 Å². The van der Waals surface area contributed by atoms with Gasteiger partial charge in [0.15, 0.2) is 5.96 Å². The van der Waals surface area contributed by atoms with Crippen LogP contribution in [0.1, 0.15) is 18.5 Å². The maximum atomic E-state index is 11.6. The van der Waals surface area contributed by atoms with Crippen molar-refractivity contribution in [3.8, 4) is 0 Å². The molecule has 2 rings (SSSR count). The Kier molecular flexibility index (Phi) is 9.37. The average Bonchev–Trinajstić information content (AvgIpc) is 2.85. The van der Waals surface area contributed by atoms with E-state index in [1.54, 1.807) is 11.4 Å². The number of aliphatic imine (C=N–C) groups is 1. The van der Waals surface area contributed by atoms with Gasteiger partial charge >= 0.3 is 0 Å². The Bertz CT molecular complexity index is 714. The van der Waals surface area contributed by atoms with Gasteiger partial charge < -0.3 is 14.8 Å². The second kappa shape index (κ2) is 10.3. The van der Waals surface area contributed by atoms with Crippen molar-refractivity contribution in [1.29, 1.82) is 0 Å². The molecule has 0 bridgehead atoms. The second-order valence-electron chi connectivity index (χ2n) is 6.65. The van der Waals surface area contributed by atoms with Crippen molar-refractivity contribution in [2.45, 2.75) is 19.4 Å². The molecule has 0 unspecified atom stereocenters. The predicted octanol–water partition coefficient (Wildman–Crippen LogP) is 2.08. The Morgan fingerprint density at radius 1 is 1.42 bits per heavy atom. The molecule has 0 aromatic carbocycles. The number of halogens is 2. The zero-order valence-corrected chi connectivity index (χ0v) is 20.5. The summed E-state index contributed by atoms with van der Waals surface area (Å²) in [5.74, 6) is 1.31. The second-order valence-corrected chi connectivity index (χ2v) is 9.55. The summed E-state index contributed by atoms with van der Waals surface area (Å²) in [6, 6.07) is 2.10. The summed E-state index contributed by atoms with van der Waals surface area (Å²) in [5, 5.41) is 3.43. The monoisotopic (exact) mass is 561 g/mol. The highest BCUT2D eigenvalue weighted by atomic mass is 127. The van der Waals surface area contributed by atoms with E-state index in [2.05, 4.69) is 41.8 Å². The maximum absolute atomic E-state index is 11.6. The smallest absolute Gasteiger partial charge is 0.211 e. The normalized spacial score (nSPS) is 17.0. The maximum Gasteiger partial charge on any atom is 0.211 e. The molecule has 0 radical (unpaired) electrons. The van der Waals surface area contributed by atoms with Crippen molar-refractivity contribution in [2.24, 2.45) is 18.0 Å². The summed E-state index contributed by atoms with van der Waals surface area (Å²) >= 11 is 3.50. The first-order chi connectivity index (χ1) is 11.7. The lowest BCUT2D eigenvalue weighted by Gasteiger charge is -2.31. The van der Waals surface area contributed by atoms with Crippen molar-refractivity contribution >= 4 is 55.9 Å². The van der Waals surface area contributed by atoms with Gasteiger partial charge in [-0.05, 0) is 40.8 Å². The number of aryl methyl sites for hydroxylation is 1. The lowest BCUT2D eigenvalue weighted by molar-refractivity contribution is 0.273. The van der Waals surface area contributed by atoms with E-state index in [9.17, 15) is 8.42 Å². The predicted molar refractivity (Wildman–Crippen MR) is 120 cm³/mol. The molecular weight excluding hydrogens is 533 g/mol. The van der Waals surface area contributed by atoms with Crippen molar-refractivity contribution in [3.63, 3.8) is 0 Å². The first-order valence-electron chi connectivity index (χ1n) is 8.38. The van der Waals surface area contributed by atoms with E-state index >= 15 is 0 Å². The van der Waals surface area contributed by atoms with Crippen LogP contribution in [-0.4, -0.2) is 68.1 Å². The molecule has 1 aromatic heterocycles. The summed E-state index contributed by atoms with van der Waals surface area (Å²) in [4.78, 5) is 6.45. The minimum Gasteiger partial charge on any atom is -0.356 e. The molecule has 1 saturated heterocycles. The van der Waals surface area contributed by atoms with Crippen molar-refractivity contribution in [3.05, 3.63) is 22.4 Å². The van der Waals surface area contributed by atoms with E-state index in [0.717, 1.165) is 36.4 Å². The van der Waals surface area contributed by atoms with Crippen LogP contribution in [0.5, 0.6) is 0 Å². The van der Waals surface area contributed by atoms with Crippen LogP contribution in [0, 0.1) is 5.92 Å². The standard InChI is InChI=1S/C16H28BrN5O2S.HI/c1-18-16(21(3)12-15-9-14(17)11-20(15)2)19-10-13-5-7-22(8-6-13)25(4,23)24;/h9,11,13H,5-8,10,12H2,1-4H3,(H,18,19);1H. The quantitative estimate of drug-likeness (QED) is 0.339. The Labute approximate surface area is 182 Å². The molecule has 26 heavy (non-hydrogen) atoms. The fourth-order valence-electron chi connectivity index (χ4n) is 3.11. The lowest BCUT2D eigenvalue weighted by Crippen LogP contribution is -2.44. The number of piperidine rings is 1. The van der Waals surface area contributed by atoms with Crippen LogP contribution < -0.4 is 5.32 Å². The highest BCUT2D eigenvalue weighted by Crippen LogP contribution is 2.19. The third-order valence-electron chi connectivity index (χ3n) is 4.64. The molecule has 0 spiro atoms. The molecule has 1 fully saturated rings. The van der Waals surface area contributed by atoms with Gasteiger partial charge in [-0.2, -0.15) is 0 Å². The number of sulfonamides is 1. The fraction of sp³-hybridized carbons (Fsp3) is 0.688. The number of aromatic nitrogens is 1. The Morgan fingerprint density at radius 3 is 2.50 bits per heavy atom. The van der Waals surface area contributed by atoms with Gasteiger partial charge in [0.25, 0.3) is 0 Å². The highest BCUT2D eigenvalue weighted by molar-refractivity contribution is 14.0. The number of rotatable bonds is 5. The van der Waals surface area contributed by atoms with Crippen LogP contribution in [-0.2, 0) is 23.6 Å². The number of hydrogen-bond donors (Lipinski definition) is 1. The molecule has 0 saturated carbocycles. The Morgan fingerprint density at radius 2 is 2.04 bits per heavy atom. The molecule has 1 aliphatic rings. The van der Waals surface area contributed by atoms with Gasteiger partial charge in [-0.1, -0.05) is 0 Å². The van der Waals surface area contributed by atoms with Crippen LogP contribution in [0.25, 0.3) is 0 Å². The molecule has 1 aromatic rings. The zero-order chi connectivity index (χ0) is 18.6.